The largest absolute Gasteiger partial charge is 0.508 e. The van der Waals surface area contributed by atoms with Crippen molar-refractivity contribution >= 4 is 21.6 Å². The smallest absolute Gasteiger partial charge is 0.241 e. The lowest BCUT2D eigenvalue weighted by molar-refractivity contribution is -0.239. The van der Waals surface area contributed by atoms with Crippen LogP contribution in [0.1, 0.15) is 93.4 Å². The molecule has 45 heavy (non-hydrogen) atoms. The van der Waals surface area contributed by atoms with Crippen LogP contribution in [0.4, 0.5) is 0 Å². The second-order valence-electron chi connectivity index (χ2n) is 16.5. The minimum atomic E-state index is -3.95. The zero-order chi connectivity index (χ0) is 33.2. The van der Waals surface area contributed by atoms with Gasteiger partial charge in [-0.05, 0) is 105 Å². The van der Waals surface area contributed by atoms with E-state index in [1.807, 2.05) is 27.7 Å². The van der Waals surface area contributed by atoms with Crippen molar-refractivity contribution in [1.29, 1.82) is 5.26 Å². The van der Waals surface area contributed by atoms with Crippen LogP contribution in [0.15, 0.2) is 52.5 Å². The van der Waals surface area contributed by atoms with E-state index in [2.05, 4.69) is 31.6 Å². The van der Waals surface area contributed by atoms with Crippen molar-refractivity contribution in [3.05, 3.63) is 47.6 Å². The SMILES string of the molecule is CC1(C)C(=O)C(C#N)=C[C@]2(C)C3=CC(=O)[C@]4(O)[C@@H]5C[C@@](C)(NS(=O)(=O)c6ccc(O)cc6)CC[C@]5(C)CC[C@@]4(C)[C@]3(C)CC[C@@H]12. The standard InChI is InChI=1S/C36H46N2O6S/c1-30(2)25-12-13-34(6)26(33(25,5)19-22(21-37)29(30)41)18-28(40)36(42)27-20-32(4,16-14-31(27,3)15-17-35(34,36)7)38-45(43,44)24-10-8-23(39)9-11-24/h8-11,18-19,25,27,38-39,42H,12-17,20H2,1-7H3/t25-,27+,31+,32-,33-,34+,35-,36+/m0/s1. The average Bonchev–Trinajstić information content (AvgIpc) is 2.95. The van der Waals surface area contributed by atoms with Gasteiger partial charge in [0.05, 0.1) is 10.5 Å². The number of rotatable bonds is 3. The van der Waals surface area contributed by atoms with Crippen LogP contribution in [0.2, 0.25) is 0 Å². The normalized spacial score (nSPS) is 43.9. The van der Waals surface area contributed by atoms with Crippen molar-refractivity contribution in [2.75, 3.05) is 0 Å². The van der Waals surface area contributed by atoms with Gasteiger partial charge in [0.25, 0.3) is 0 Å². The predicted molar refractivity (Wildman–Crippen MR) is 169 cm³/mol. The maximum Gasteiger partial charge on any atom is 0.241 e. The molecule has 0 saturated heterocycles. The van der Waals surface area contributed by atoms with Crippen LogP contribution in [-0.4, -0.2) is 41.3 Å². The van der Waals surface area contributed by atoms with Gasteiger partial charge in [-0.1, -0.05) is 47.6 Å². The first-order valence-electron chi connectivity index (χ1n) is 16.1. The predicted octanol–water partition coefficient (Wildman–Crippen LogP) is 5.76. The number of nitrogens with one attached hydrogen (secondary N) is 1. The fourth-order valence-electron chi connectivity index (χ4n) is 10.9. The van der Waals surface area contributed by atoms with Crippen molar-refractivity contribution in [3.63, 3.8) is 0 Å². The van der Waals surface area contributed by atoms with Crippen molar-refractivity contribution in [1.82, 2.24) is 4.72 Å². The summed E-state index contributed by atoms with van der Waals surface area (Å²) in [5, 5.41) is 32.7. The molecule has 3 N–H and O–H groups in total. The summed E-state index contributed by atoms with van der Waals surface area (Å²) in [6.07, 6.45) is 7.74. The Labute approximate surface area is 267 Å². The number of benzene rings is 1. The van der Waals surface area contributed by atoms with Gasteiger partial charge in [0, 0.05) is 27.7 Å². The first-order chi connectivity index (χ1) is 20.6. The quantitative estimate of drug-likeness (QED) is 0.384. The van der Waals surface area contributed by atoms with Gasteiger partial charge in [-0.2, -0.15) is 5.26 Å². The zero-order valence-corrected chi connectivity index (χ0v) is 28.3. The molecular weight excluding hydrogens is 588 g/mol. The van der Waals surface area contributed by atoms with E-state index in [0.29, 0.717) is 32.1 Å². The number of nitrogens with zero attached hydrogens (tertiary/aromatic N) is 1. The molecule has 6 rings (SSSR count). The lowest BCUT2D eigenvalue weighted by Gasteiger charge is -2.71. The van der Waals surface area contributed by atoms with E-state index in [1.165, 1.54) is 24.3 Å². The van der Waals surface area contributed by atoms with Crippen LogP contribution in [0.3, 0.4) is 0 Å². The molecule has 1 aromatic carbocycles. The van der Waals surface area contributed by atoms with E-state index in [9.17, 15) is 33.5 Å². The highest BCUT2D eigenvalue weighted by Gasteiger charge is 2.75. The van der Waals surface area contributed by atoms with E-state index < -0.39 is 48.7 Å². The van der Waals surface area contributed by atoms with Crippen molar-refractivity contribution in [2.45, 2.75) is 109 Å². The second kappa shape index (κ2) is 9.39. The van der Waals surface area contributed by atoms with Crippen molar-refractivity contribution < 1.29 is 28.2 Å². The minimum absolute atomic E-state index is 0.0281. The van der Waals surface area contributed by atoms with Crippen LogP contribution >= 0.6 is 0 Å². The average molecular weight is 635 g/mol. The summed E-state index contributed by atoms with van der Waals surface area (Å²) in [6, 6.07) is 7.52. The molecule has 0 aromatic heterocycles. The third-order valence-corrected chi connectivity index (χ3v) is 15.4. The van der Waals surface area contributed by atoms with Gasteiger partial charge in [-0.15, -0.1) is 0 Å². The van der Waals surface area contributed by atoms with Crippen LogP contribution < -0.4 is 4.72 Å². The Morgan fingerprint density at radius 3 is 2.16 bits per heavy atom. The number of aliphatic hydroxyl groups is 1. The molecule has 8 atom stereocenters. The lowest BCUT2D eigenvalue weighted by Crippen LogP contribution is -2.74. The van der Waals surface area contributed by atoms with Gasteiger partial charge < -0.3 is 10.2 Å². The van der Waals surface area contributed by atoms with Gasteiger partial charge >= 0.3 is 0 Å². The summed E-state index contributed by atoms with van der Waals surface area (Å²) in [6.45, 7) is 14.0. The highest BCUT2D eigenvalue weighted by Crippen LogP contribution is 2.75. The Bertz CT molecular complexity index is 1720. The fourth-order valence-corrected chi connectivity index (χ4v) is 12.3. The van der Waals surface area contributed by atoms with Gasteiger partial charge in [-0.25, -0.2) is 13.1 Å². The first-order valence-corrected chi connectivity index (χ1v) is 17.6. The molecule has 8 nitrogen and oxygen atoms in total. The summed E-state index contributed by atoms with van der Waals surface area (Å²) >= 11 is 0. The van der Waals surface area contributed by atoms with Crippen LogP contribution in [0.25, 0.3) is 0 Å². The minimum Gasteiger partial charge on any atom is -0.508 e. The monoisotopic (exact) mass is 634 g/mol. The molecule has 0 aliphatic heterocycles. The number of fused-ring (bicyclic) bond motifs is 7. The van der Waals surface area contributed by atoms with Gasteiger partial charge in [-0.3, -0.25) is 9.59 Å². The first kappa shape index (κ1) is 32.2. The summed E-state index contributed by atoms with van der Waals surface area (Å²) in [7, 11) is -3.95. The van der Waals surface area contributed by atoms with Gasteiger partial charge in [0.1, 0.15) is 17.4 Å². The molecule has 5 aliphatic carbocycles. The van der Waals surface area contributed by atoms with Crippen molar-refractivity contribution in [3.8, 4) is 11.8 Å². The highest BCUT2D eigenvalue weighted by molar-refractivity contribution is 7.89. The highest BCUT2D eigenvalue weighted by atomic mass is 32.2. The van der Waals surface area contributed by atoms with E-state index in [0.717, 1.165) is 12.0 Å². The summed E-state index contributed by atoms with van der Waals surface area (Å²) in [4.78, 5) is 28.0. The van der Waals surface area contributed by atoms with Crippen LogP contribution in [0.5, 0.6) is 5.75 Å². The summed E-state index contributed by atoms with van der Waals surface area (Å²) < 4.78 is 29.9. The molecule has 1 aromatic rings. The van der Waals surface area contributed by atoms with Gasteiger partial charge in [0.15, 0.2) is 11.6 Å². The Kier molecular flexibility index (Phi) is 6.71. The number of phenols is 1. The summed E-state index contributed by atoms with van der Waals surface area (Å²) in [5.74, 6) is -1.15. The number of phenolic OH excluding ortho intramolecular Hbond substituents is 1. The molecule has 5 aliphatic rings. The molecule has 0 amide bonds. The lowest BCUT2D eigenvalue weighted by atomic mass is 9.33. The number of nitriles is 1. The van der Waals surface area contributed by atoms with E-state index in [-0.39, 0.29) is 45.5 Å². The number of ketones is 2. The molecule has 3 saturated carbocycles. The van der Waals surface area contributed by atoms with Crippen LogP contribution in [-0.2, 0) is 19.6 Å². The molecule has 0 spiro atoms. The van der Waals surface area contributed by atoms with E-state index in [4.69, 9.17) is 0 Å². The molecule has 9 heteroatoms. The third-order valence-electron chi connectivity index (χ3n) is 13.8. The Balaban J connectivity index is 1.45. The maximum absolute atomic E-state index is 14.7. The Morgan fingerprint density at radius 1 is 0.911 bits per heavy atom. The third kappa shape index (κ3) is 4.04. The molecule has 0 bridgehead atoms. The number of hydrogen-bond acceptors (Lipinski definition) is 7. The number of Topliss-reactive ketones (excluding diaryl/α,β-unsaturated/α-hetero) is 1. The Morgan fingerprint density at radius 2 is 1.53 bits per heavy atom. The number of carbonyl (C=O) groups is 2. The van der Waals surface area contributed by atoms with Crippen molar-refractivity contribution in [2.24, 2.45) is 38.9 Å². The summed E-state index contributed by atoms with van der Waals surface area (Å²) in [5.41, 5.74) is -4.96. The maximum atomic E-state index is 14.7. The van der Waals surface area contributed by atoms with Gasteiger partial charge in [0.2, 0.25) is 10.0 Å². The number of sulfonamides is 1. The Hall–Kier alpha value is -2.80. The second-order valence-corrected chi connectivity index (χ2v) is 18.2. The zero-order valence-electron chi connectivity index (χ0n) is 27.5. The number of hydrogen-bond donors (Lipinski definition) is 3. The number of aromatic hydroxyl groups is 1. The molecule has 3 fully saturated rings. The number of allylic oxidation sites excluding steroid dienone is 3. The molecule has 0 heterocycles. The molecule has 242 valence electrons. The molecule has 0 unspecified atom stereocenters. The number of carbonyl (C=O) groups excluding carboxylic acids is 2. The van der Waals surface area contributed by atoms with Crippen LogP contribution in [0, 0.1) is 50.2 Å². The van der Waals surface area contributed by atoms with E-state index >= 15 is 0 Å². The molecule has 0 radical (unpaired) electrons. The van der Waals surface area contributed by atoms with E-state index in [1.54, 1.807) is 12.2 Å². The molecular formula is C36H46N2O6S. The fraction of sp³-hybridized carbons (Fsp3) is 0.639. The topological polar surface area (TPSA) is 145 Å².